The number of aromatic nitrogens is 2. The van der Waals surface area contributed by atoms with Crippen molar-refractivity contribution in [2.45, 2.75) is 31.8 Å². The van der Waals surface area contributed by atoms with E-state index in [4.69, 9.17) is 4.74 Å². The smallest absolute Gasteiger partial charge is 0.216 e. The lowest BCUT2D eigenvalue weighted by atomic mass is 10.1. The Bertz CT molecular complexity index is 328. The zero-order valence-electron chi connectivity index (χ0n) is 8.20. The third kappa shape index (κ3) is 1.21. The van der Waals surface area contributed by atoms with E-state index in [1.807, 2.05) is 10.9 Å². The summed E-state index contributed by atoms with van der Waals surface area (Å²) in [5, 5.41) is 7.83. The molecule has 1 atom stereocenters. The molecule has 4 heteroatoms. The molecule has 0 saturated carbocycles. The molecule has 0 amide bonds. The van der Waals surface area contributed by atoms with E-state index in [1.54, 1.807) is 0 Å². The summed E-state index contributed by atoms with van der Waals surface area (Å²) < 4.78 is 7.65. The molecule has 0 aliphatic carbocycles. The van der Waals surface area contributed by atoms with Gasteiger partial charge in [0.1, 0.15) is 0 Å². The van der Waals surface area contributed by atoms with Gasteiger partial charge in [-0.1, -0.05) is 0 Å². The van der Waals surface area contributed by atoms with Crippen LogP contribution in [0.2, 0.25) is 0 Å². The minimum atomic E-state index is 0.469. The van der Waals surface area contributed by atoms with Crippen LogP contribution < -0.4 is 10.1 Å². The predicted molar refractivity (Wildman–Crippen MR) is 52.3 cm³/mol. The van der Waals surface area contributed by atoms with Crippen LogP contribution >= 0.6 is 0 Å². The first-order valence-electron chi connectivity index (χ1n) is 5.37. The van der Waals surface area contributed by atoms with Gasteiger partial charge in [0.05, 0.1) is 18.4 Å². The molecule has 2 aliphatic rings. The largest absolute Gasteiger partial charge is 0.478 e. The van der Waals surface area contributed by atoms with Gasteiger partial charge in [0.25, 0.3) is 0 Å². The number of nitrogens with one attached hydrogen (secondary N) is 1. The fraction of sp³-hybridized carbons (Fsp3) is 0.700. The van der Waals surface area contributed by atoms with Crippen molar-refractivity contribution in [1.82, 2.24) is 15.1 Å². The van der Waals surface area contributed by atoms with Gasteiger partial charge in [-0.05, 0) is 19.4 Å². The van der Waals surface area contributed by atoms with Crippen molar-refractivity contribution in [3.05, 3.63) is 11.8 Å². The monoisotopic (exact) mass is 193 g/mol. The minimum Gasteiger partial charge on any atom is -0.478 e. The molecular formula is C10H15N3O. The summed E-state index contributed by atoms with van der Waals surface area (Å²) in [5.74, 6) is 0.996. The third-order valence-electron chi connectivity index (χ3n) is 3.01. The van der Waals surface area contributed by atoms with Crippen LogP contribution in [-0.4, -0.2) is 22.9 Å². The first-order chi connectivity index (χ1) is 6.95. The average Bonchev–Trinajstić information content (AvgIpc) is 2.85. The Morgan fingerprint density at radius 3 is 3.36 bits per heavy atom. The van der Waals surface area contributed by atoms with Crippen molar-refractivity contribution < 1.29 is 4.74 Å². The number of rotatable bonds is 1. The molecule has 0 aromatic carbocycles. The lowest BCUT2D eigenvalue weighted by Gasteiger charge is -2.18. The van der Waals surface area contributed by atoms with Crippen molar-refractivity contribution in [2.75, 3.05) is 13.2 Å². The quantitative estimate of drug-likeness (QED) is 0.725. The van der Waals surface area contributed by atoms with Crippen LogP contribution in [0.15, 0.2) is 6.20 Å². The van der Waals surface area contributed by atoms with Gasteiger partial charge >= 0.3 is 0 Å². The minimum absolute atomic E-state index is 0.469. The van der Waals surface area contributed by atoms with E-state index in [0.29, 0.717) is 6.04 Å². The van der Waals surface area contributed by atoms with E-state index in [2.05, 4.69) is 10.4 Å². The topological polar surface area (TPSA) is 39.1 Å². The number of hydrogen-bond donors (Lipinski definition) is 1. The van der Waals surface area contributed by atoms with E-state index >= 15 is 0 Å². The molecule has 1 aromatic rings. The first-order valence-corrected chi connectivity index (χ1v) is 5.37. The fourth-order valence-electron chi connectivity index (χ4n) is 2.28. The Kier molecular flexibility index (Phi) is 1.94. The molecule has 1 aromatic heterocycles. The van der Waals surface area contributed by atoms with Crippen LogP contribution in [0.25, 0.3) is 0 Å². The Labute approximate surface area is 83.2 Å². The van der Waals surface area contributed by atoms with E-state index in [-0.39, 0.29) is 0 Å². The van der Waals surface area contributed by atoms with Crippen LogP contribution in [0.3, 0.4) is 0 Å². The fourth-order valence-corrected chi connectivity index (χ4v) is 2.28. The van der Waals surface area contributed by atoms with Gasteiger partial charge in [-0.2, -0.15) is 5.10 Å². The van der Waals surface area contributed by atoms with Gasteiger partial charge in [-0.25, -0.2) is 4.68 Å². The zero-order chi connectivity index (χ0) is 9.38. The standard InChI is InChI=1S/C10H15N3O/c1-3-9(11-4-1)8-7-12-13-5-2-6-14-10(8)13/h7,9,11H,1-6H2. The van der Waals surface area contributed by atoms with Gasteiger partial charge in [-0.3, -0.25) is 0 Å². The molecule has 0 radical (unpaired) electrons. The molecule has 3 rings (SSSR count). The van der Waals surface area contributed by atoms with Gasteiger partial charge in [0.2, 0.25) is 5.88 Å². The zero-order valence-corrected chi connectivity index (χ0v) is 8.20. The molecule has 0 spiro atoms. The summed E-state index contributed by atoms with van der Waals surface area (Å²) in [6.07, 6.45) is 5.51. The van der Waals surface area contributed by atoms with Gasteiger partial charge in [0, 0.05) is 19.0 Å². The van der Waals surface area contributed by atoms with Gasteiger partial charge in [0.15, 0.2) is 0 Å². The van der Waals surface area contributed by atoms with Crippen LogP contribution in [0.4, 0.5) is 0 Å². The highest BCUT2D eigenvalue weighted by Gasteiger charge is 2.25. The summed E-state index contributed by atoms with van der Waals surface area (Å²) in [6, 6.07) is 0.469. The molecule has 4 nitrogen and oxygen atoms in total. The van der Waals surface area contributed by atoms with Crippen molar-refractivity contribution in [3.63, 3.8) is 0 Å². The van der Waals surface area contributed by atoms with Crippen LogP contribution in [-0.2, 0) is 6.54 Å². The maximum atomic E-state index is 5.67. The number of aryl methyl sites for hydroxylation is 1. The number of ether oxygens (including phenoxy) is 1. The van der Waals surface area contributed by atoms with E-state index in [0.717, 1.165) is 32.0 Å². The molecule has 1 fully saturated rings. The predicted octanol–water partition coefficient (Wildman–Crippen LogP) is 1.09. The van der Waals surface area contributed by atoms with E-state index < -0.39 is 0 Å². The summed E-state index contributed by atoms with van der Waals surface area (Å²) in [7, 11) is 0. The lowest BCUT2D eigenvalue weighted by molar-refractivity contribution is 0.226. The Morgan fingerprint density at radius 2 is 2.50 bits per heavy atom. The molecule has 76 valence electrons. The Morgan fingerprint density at radius 1 is 1.50 bits per heavy atom. The number of nitrogens with zero attached hydrogens (tertiary/aromatic N) is 2. The summed E-state index contributed by atoms with van der Waals surface area (Å²) in [5.41, 5.74) is 1.25. The van der Waals surface area contributed by atoms with Crippen LogP contribution in [0.5, 0.6) is 5.88 Å². The molecule has 3 heterocycles. The second-order valence-corrected chi connectivity index (χ2v) is 3.98. The molecule has 14 heavy (non-hydrogen) atoms. The normalized spacial score (nSPS) is 25.9. The third-order valence-corrected chi connectivity index (χ3v) is 3.01. The van der Waals surface area contributed by atoms with E-state index in [1.165, 1.54) is 18.4 Å². The van der Waals surface area contributed by atoms with Gasteiger partial charge < -0.3 is 10.1 Å². The van der Waals surface area contributed by atoms with Gasteiger partial charge in [-0.15, -0.1) is 0 Å². The van der Waals surface area contributed by atoms with Crippen molar-refractivity contribution >= 4 is 0 Å². The highest BCUT2D eigenvalue weighted by atomic mass is 16.5. The summed E-state index contributed by atoms with van der Waals surface area (Å²) in [4.78, 5) is 0. The molecule has 1 N–H and O–H groups in total. The average molecular weight is 193 g/mol. The second-order valence-electron chi connectivity index (χ2n) is 3.98. The maximum Gasteiger partial charge on any atom is 0.216 e. The molecule has 2 aliphatic heterocycles. The molecular weight excluding hydrogens is 178 g/mol. The first kappa shape index (κ1) is 8.29. The highest BCUT2D eigenvalue weighted by Crippen LogP contribution is 2.32. The summed E-state index contributed by atoms with van der Waals surface area (Å²) >= 11 is 0. The van der Waals surface area contributed by atoms with Crippen molar-refractivity contribution in [2.24, 2.45) is 0 Å². The SMILES string of the molecule is c1nn2c(c1C1CCCN1)OCCC2. The maximum absolute atomic E-state index is 5.67. The molecule has 0 bridgehead atoms. The Hall–Kier alpha value is -1.03. The second kappa shape index (κ2) is 3.28. The number of hydrogen-bond acceptors (Lipinski definition) is 3. The van der Waals surface area contributed by atoms with Crippen molar-refractivity contribution in [3.8, 4) is 5.88 Å². The van der Waals surface area contributed by atoms with E-state index in [9.17, 15) is 0 Å². The lowest BCUT2D eigenvalue weighted by Crippen LogP contribution is -2.18. The molecule has 1 saturated heterocycles. The van der Waals surface area contributed by atoms with Crippen LogP contribution in [0, 0.1) is 0 Å². The number of fused-ring (bicyclic) bond motifs is 1. The van der Waals surface area contributed by atoms with Crippen molar-refractivity contribution in [1.29, 1.82) is 0 Å². The molecule has 1 unspecified atom stereocenters. The summed E-state index contributed by atoms with van der Waals surface area (Å²) in [6.45, 7) is 2.96. The Balaban J connectivity index is 1.93. The van der Waals surface area contributed by atoms with Crippen LogP contribution in [0.1, 0.15) is 30.9 Å². The highest BCUT2D eigenvalue weighted by molar-refractivity contribution is 5.29.